The van der Waals surface area contributed by atoms with Gasteiger partial charge in [-0.1, -0.05) is 27.6 Å². The molecular formula is C10H10BrNO2. The fraction of sp³-hybridized carbons (Fsp3) is 0.200. The third-order valence-electron chi connectivity index (χ3n) is 1.73. The molecule has 0 fully saturated rings. The number of hydrogen-bond donors (Lipinski definition) is 0. The first kappa shape index (κ1) is 10.9. The van der Waals surface area contributed by atoms with Gasteiger partial charge in [0.2, 0.25) is 0 Å². The van der Waals surface area contributed by atoms with Crippen LogP contribution in [-0.2, 0) is 0 Å². The number of non-ortho nitro benzene ring substituents is 1. The van der Waals surface area contributed by atoms with Crippen LogP contribution in [0.1, 0.15) is 12.5 Å². The van der Waals surface area contributed by atoms with E-state index in [-0.39, 0.29) is 5.69 Å². The molecule has 74 valence electrons. The Hall–Kier alpha value is -1.16. The van der Waals surface area contributed by atoms with Crippen molar-refractivity contribution in [1.29, 1.82) is 0 Å². The van der Waals surface area contributed by atoms with Crippen LogP contribution in [0.4, 0.5) is 5.69 Å². The molecule has 3 nitrogen and oxygen atoms in total. The van der Waals surface area contributed by atoms with Crippen LogP contribution in [0.25, 0.3) is 6.08 Å². The molecule has 0 heterocycles. The lowest BCUT2D eigenvalue weighted by Gasteiger charge is -1.96. The number of nitro benzene ring substituents is 1. The number of halogens is 1. The van der Waals surface area contributed by atoms with E-state index >= 15 is 0 Å². The maximum absolute atomic E-state index is 10.4. The molecule has 4 heteroatoms. The van der Waals surface area contributed by atoms with E-state index in [1.165, 1.54) is 17.7 Å². The molecule has 0 aliphatic carbocycles. The van der Waals surface area contributed by atoms with E-state index in [1.54, 1.807) is 12.1 Å². The zero-order chi connectivity index (χ0) is 10.6. The molecule has 14 heavy (non-hydrogen) atoms. The van der Waals surface area contributed by atoms with Gasteiger partial charge in [-0.05, 0) is 24.6 Å². The molecule has 0 aliphatic rings. The van der Waals surface area contributed by atoms with Crippen molar-refractivity contribution < 1.29 is 4.92 Å². The number of nitro groups is 1. The Morgan fingerprint density at radius 2 is 2.07 bits per heavy atom. The van der Waals surface area contributed by atoms with Crippen molar-refractivity contribution in [3.05, 3.63) is 45.5 Å². The van der Waals surface area contributed by atoms with Gasteiger partial charge < -0.3 is 0 Å². The van der Waals surface area contributed by atoms with Gasteiger partial charge >= 0.3 is 0 Å². The summed E-state index contributed by atoms with van der Waals surface area (Å²) in [5.41, 5.74) is 2.28. The second-order valence-electron chi connectivity index (χ2n) is 2.97. The summed E-state index contributed by atoms with van der Waals surface area (Å²) in [6.07, 6.45) is 1.98. The van der Waals surface area contributed by atoms with E-state index in [4.69, 9.17) is 0 Å². The van der Waals surface area contributed by atoms with Crippen molar-refractivity contribution in [2.24, 2.45) is 0 Å². The molecule has 1 aromatic carbocycles. The van der Waals surface area contributed by atoms with E-state index in [9.17, 15) is 10.1 Å². The first-order valence-electron chi connectivity index (χ1n) is 4.11. The van der Waals surface area contributed by atoms with Crippen LogP contribution in [0.15, 0.2) is 29.8 Å². The number of allylic oxidation sites excluding steroid dienone is 1. The van der Waals surface area contributed by atoms with Crippen LogP contribution in [0, 0.1) is 10.1 Å². The van der Waals surface area contributed by atoms with Gasteiger partial charge in [-0.2, -0.15) is 0 Å². The van der Waals surface area contributed by atoms with Crippen LogP contribution in [0.3, 0.4) is 0 Å². The van der Waals surface area contributed by atoms with Crippen molar-refractivity contribution in [2.45, 2.75) is 6.92 Å². The normalized spacial score (nSPS) is 11.4. The van der Waals surface area contributed by atoms with Crippen molar-refractivity contribution in [3.8, 4) is 0 Å². The summed E-state index contributed by atoms with van der Waals surface area (Å²) in [6, 6.07) is 6.50. The fourth-order valence-corrected chi connectivity index (χ4v) is 1.18. The van der Waals surface area contributed by atoms with Gasteiger partial charge in [0.15, 0.2) is 0 Å². The average Bonchev–Trinajstić information content (AvgIpc) is 2.18. The van der Waals surface area contributed by atoms with Gasteiger partial charge in [0.05, 0.1) is 4.92 Å². The summed E-state index contributed by atoms with van der Waals surface area (Å²) >= 11 is 3.33. The summed E-state index contributed by atoms with van der Waals surface area (Å²) in [4.78, 5) is 9.98. The minimum absolute atomic E-state index is 0.124. The first-order valence-corrected chi connectivity index (χ1v) is 5.23. The van der Waals surface area contributed by atoms with Gasteiger partial charge in [0, 0.05) is 17.5 Å². The molecule has 0 saturated heterocycles. The Balaban J connectivity index is 2.89. The maximum atomic E-state index is 10.4. The molecule has 1 rings (SSSR count). The SMILES string of the molecule is CC(=Cc1ccc([N+](=O)[O-])cc1)CBr. The quantitative estimate of drug-likeness (QED) is 0.472. The van der Waals surface area contributed by atoms with Crippen molar-refractivity contribution in [1.82, 2.24) is 0 Å². The molecular weight excluding hydrogens is 246 g/mol. The molecule has 1 aromatic rings. The van der Waals surface area contributed by atoms with Gasteiger partial charge in [0.1, 0.15) is 0 Å². The first-order chi connectivity index (χ1) is 6.63. The van der Waals surface area contributed by atoms with Gasteiger partial charge in [0.25, 0.3) is 5.69 Å². The number of alkyl halides is 1. The van der Waals surface area contributed by atoms with E-state index in [0.717, 1.165) is 10.9 Å². The van der Waals surface area contributed by atoms with Gasteiger partial charge in [-0.25, -0.2) is 0 Å². The molecule has 0 amide bonds. The monoisotopic (exact) mass is 255 g/mol. The summed E-state index contributed by atoms with van der Waals surface area (Å²) < 4.78 is 0. The molecule has 0 aromatic heterocycles. The second kappa shape index (κ2) is 4.91. The predicted molar refractivity (Wildman–Crippen MR) is 60.5 cm³/mol. The van der Waals surface area contributed by atoms with Crippen molar-refractivity contribution in [2.75, 3.05) is 5.33 Å². The molecule has 0 unspecified atom stereocenters. The summed E-state index contributed by atoms with van der Waals surface area (Å²) in [5.74, 6) is 0. The van der Waals surface area contributed by atoms with Crippen LogP contribution in [0.2, 0.25) is 0 Å². The third-order valence-corrected chi connectivity index (χ3v) is 2.61. The van der Waals surface area contributed by atoms with Crippen LogP contribution in [-0.4, -0.2) is 10.3 Å². The minimum atomic E-state index is -0.398. The summed E-state index contributed by atoms with van der Waals surface area (Å²) in [6.45, 7) is 2.00. The van der Waals surface area contributed by atoms with Crippen LogP contribution >= 0.6 is 15.9 Å². The smallest absolute Gasteiger partial charge is 0.258 e. The average molecular weight is 256 g/mol. The topological polar surface area (TPSA) is 43.1 Å². The number of benzene rings is 1. The summed E-state index contributed by atoms with van der Waals surface area (Å²) in [7, 11) is 0. The highest BCUT2D eigenvalue weighted by atomic mass is 79.9. The van der Waals surface area contributed by atoms with Gasteiger partial charge in [-0.3, -0.25) is 10.1 Å². The molecule has 0 radical (unpaired) electrons. The lowest BCUT2D eigenvalue weighted by Crippen LogP contribution is -1.87. The van der Waals surface area contributed by atoms with Crippen LogP contribution < -0.4 is 0 Å². The van der Waals surface area contributed by atoms with Gasteiger partial charge in [-0.15, -0.1) is 0 Å². The van der Waals surface area contributed by atoms with Crippen molar-refractivity contribution in [3.63, 3.8) is 0 Å². The predicted octanol–water partition coefficient (Wildman–Crippen LogP) is 3.39. The van der Waals surface area contributed by atoms with Crippen molar-refractivity contribution >= 4 is 27.7 Å². The lowest BCUT2D eigenvalue weighted by molar-refractivity contribution is -0.384. The maximum Gasteiger partial charge on any atom is 0.269 e. The van der Waals surface area contributed by atoms with E-state index in [1.807, 2.05) is 13.0 Å². The standard InChI is InChI=1S/C10H10BrNO2/c1-8(7-11)6-9-2-4-10(5-3-9)12(13)14/h2-6H,7H2,1H3. The van der Waals surface area contributed by atoms with E-state index < -0.39 is 4.92 Å². The fourth-order valence-electron chi connectivity index (χ4n) is 1.02. The third kappa shape index (κ3) is 2.96. The largest absolute Gasteiger partial charge is 0.269 e. The second-order valence-corrected chi connectivity index (χ2v) is 3.53. The molecule has 0 saturated carbocycles. The van der Waals surface area contributed by atoms with E-state index in [0.29, 0.717) is 0 Å². The Kier molecular flexibility index (Phi) is 3.83. The zero-order valence-corrected chi connectivity index (χ0v) is 9.32. The highest BCUT2D eigenvalue weighted by Gasteiger charge is 2.02. The number of nitrogens with zero attached hydrogens (tertiary/aromatic N) is 1. The number of rotatable bonds is 3. The molecule has 0 aliphatic heterocycles. The summed E-state index contributed by atoms with van der Waals surface area (Å²) in [5, 5.41) is 11.2. The Bertz CT molecular complexity index is 357. The zero-order valence-electron chi connectivity index (χ0n) is 7.74. The molecule has 0 bridgehead atoms. The lowest BCUT2D eigenvalue weighted by atomic mass is 10.1. The Labute approximate surface area is 90.7 Å². The minimum Gasteiger partial charge on any atom is -0.258 e. The number of hydrogen-bond acceptors (Lipinski definition) is 2. The molecule has 0 spiro atoms. The Morgan fingerprint density at radius 3 is 2.50 bits per heavy atom. The molecule has 0 atom stereocenters. The highest BCUT2D eigenvalue weighted by Crippen LogP contribution is 2.14. The van der Waals surface area contributed by atoms with E-state index in [2.05, 4.69) is 15.9 Å². The Morgan fingerprint density at radius 1 is 1.50 bits per heavy atom. The van der Waals surface area contributed by atoms with Crippen LogP contribution in [0.5, 0.6) is 0 Å². The highest BCUT2D eigenvalue weighted by molar-refractivity contribution is 9.09. The molecule has 0 N–H and O–H groups in total.